The fourth-order valence-corrected chi connectivity index (χ4v) is 2.98. The van der Waals surface area contributed by atoms with Gasteiger partial charge in [0.2, 0.25) is 0 Å². The van der Waals surface area contributed by atoms with Gasteiger partial charge in [-0.05, 0) is 13.0 Å². The van der Waals surface area contributed by atoms with E-state index in [1.165, 1.54) is 23.8 Å². The van der Waals surface area contributed by atoms with Crippen LogP contribution in [0.5, 0.6) is 0 Å². The van der Waals surface area contributed by atoms with E-state index in [0.717, 1.165) is 0 Å². The summed E-state index contributed by atoms with van der Waals surface area (Å²) in [5.74, 6) is 0. The third-order valence-electron chi connectivity index (χ3n) is 3.30. The summed E-state index contributed by atoms with van der Waals surface area (Å²) < 4.78 is 0. The number of nitrogens with zero attached hydrogens (tertiary/aromatic N) is 1. The predicted octanol–water partition coefficient (Wildman–Crippen LogP) is 3.57. The average Bonchev–Trinajstić information content (AvgIpc) is 2.13. The van der Waals surface area contributed by atoms with Gasteiger partial charge in [0.15, 0.2) is 0 Å². The lowest BCUT2D eigenvalue weighted by atomic mass is 10.4. The molecule has 0 unspecified atom stereocenters. The second-order valence-corrected chi connectivity index (χ2v) is 9.91. The summed E-state index contributed by atoms with van der Waals surface area (Å²) in [7, 11) is 3.32. The third kappa shape index (κ3) is 4.51. The molecule has 0 aromatic heterocycles. The lowest BCUT2D eigenvalue weighted by Crippen LogP contribution is -2.26. The molecular formula is C11H25NSi. The van der Waals surface area contributed by atoms with Crippen LogP contribution in [0.25, 0.3) is 0 Å². The van der Waals surface area contributed by atoms with E-state index in [4.69, 9.17) is 0 Å². The summed E-state index contributed by atoms with van der Waals surface area (Å²) in [6.07, 6.45) is 2.42. The minimum absolute atomic E-state index is 0.909. The Labute approximate surface area is 84.8 Å². The summed E-state index contributed by atoms with van der Waals surface area (Å²) in [5, 5.41) is 0. The first-order chi connectivity index (χ1) is 5.95. The highest BCUT2D eigenvalue weighted by molar-refractivity contribution is 6.78. The van der Waals surface area contributed by atoms with Crippen molar-refractivity contribution in [1.82, 2.24) is 4.90 Å². The van der Waals surface area contributed by atoms with Crippen LogP contribution in [0.4, 0.5) is 0 Å². The van der Waals surface area contributed by atoms with E-state index >= 15 is 0 Å². The van der Waals surface area contributed by atoms with E-state index < -0.39 is 8.07 Å². The molecule has 0 spiro atoms. The highest BCUT2D eigenvalue weighted by atomic mass is 28.3. The Kier molecular flexibility index (Phi) is 5.38. The molecule has 0 aromatic rings. The van der Waals surface area contributed by atoms with Gasteiger partial charge < -0.3 is 4.90 Å². The van der Waals surface area contributed by atoms with Gasteiger partial charge in [-0.2, -0.15) is 0 Å². The molecule has 2 heteroatoms. The molecular weight excluding hydrogens is 174 g/mol. The fourth-order valence-electron chi connectivity index (χ4n) is 1.12. The van der Waals surface area contributed by atoms with Gasteiger partial charge in [0, 0.05) is 19.8 Å². The Balaban J connectivity index is 4.19. The molecule has 0 amide bonds. The van der Waals surface area contributed by atoms with E-state index in [2.05, 4.69) is 52.4 Å². The van der Waals surface area contributed by atoms with Crippen LogP contribution in [0.3, 0.4) is 0 Å². The van der Waals surface area contributed by atoms with Crippen LogP contribution >= 0.6 is 0 Å². The highest BCUT2D eigenvalue weighted by Gasteiger charge is 2.20. The molecule has 0 saturated carbocycles. The van der Waals surface area contributed by atoms with E-state index in [1.54, 1.807) is 0 Å². The van der Waals surface area contributed by atoms with Gasteiger partial charge in [0.1, 0.15) is 0 Å². The fraction of sp³-hybridized carbons (Fsp3) is 0.818. The van der Waals surface area contributed by atoms with Crippen LogP contribution in [0.1, 0.15) is 20.8 Å². The zero-order chi connectivity index (χ0) is 10.5. The predicted molar refractivity (Wildman–Crippen MR) is 64.8 cm³/mol. The van der Waals surface area contributed by atoms with Crippen molar-refractivity contribution in [2.45, 2.75) is 45.5 Å². The van der Waals surface area contributed by atoms with Gasteiger partial charge >= 0.3 is 0 Å². The van der Waals surface area contributed by atoms with E-state index in [9.17, 15) is 0 Å². The van der Waals surface area contributed by atoms with Crippen LogP contribution < -0.4 is 0 Å². The zero-order valence-corrected chi connectivity index (χ0v) is 11.1. The second kappa shape index (κ2) is 5.48. The molecule has 0 aliphatic rings. The van der Waals surface area contributed by atoms with Crippen molar-refractivity contribution in [1.29, 1.82) is 0 Å². The number of rotatable bonds is 5. The van der Waals surface area contributed by atoms with Crippen LogP contribution in [-0.4, -0.2) is 27.1 Å². The van der Waals surface area contributed by atoms with Crippen LogP contribution in [-0.2, 0) is 0 Å². The van der Waals surface area contributed by atoms with Crippen molar-refractivity contribution in [3.63, 3.8) is 0 Å². The summed E-state index contributed by atoms with van der Waals surface area (Å²) in [5.41, 5.74) is 1.40. The Morgan fingerprint density at radius 3 is 2.00 bits per heavy atom. The molecule has 13 heavy (non-hydrogen) atoms. The maximum absolute atomic E-state index is 2.51. The van der Waals surface area contributed by atoms with E-state index in [1.807, 2.05) is 0 Å². The minimum atomic E-state index is -0.909. The van der Waals surface area contributed by atoms with Crippen LogP contribution in [0.2, 0.25) is 24.7 Å². The average molecular weight is 199 g/mol. The number of hydrogen-bond donors (Lipinski definition) is 0. The minimum Gasteiger partial charge on any atom is -0.381 e. The van der Waals surface area contributed by atoms with E-state index in [0.29, 0.717) is 0 Å². The van der Waals surface area contributed by atoms with Gasteiger partial charge in [0.05, 0.1) is 8.07 Å². The lowest BCUT2D eigenvalue weighted by Gasteiger charge is -2.23. The number of allylic oxidation sites excluding steroid dienone is 2. The van der Waals surface area contributed by atoms with Crippen molar-refractivity contribution < 1.29 is 0 Å². The summed E-state index contributed by atoms with van der Waals surface area (Å²) in [4.78, 5) is 2.19. The van der Waals surface area contributed by atoms with Crippen molar-refractivity contribution >= 4 is 8.07 Å². The third-order valence-corrected chi connectivity index (χ3v) is 7.91. The maximum Gasteiger partial charge on any atom is 0.0537 e. The molecule has 0 radical (unpaired) electrons. The van der Waals surface area contributed by atoms with Gasteiger partial charge in [-0.15, -0.1) is 0 Å². The quantitative estimate of drug-likeness (QED) is 0.612. The van der Waals surface area contributed by atoms with Crippen LogP contribution in [0, 0.1) is 0 Å². The van der Waals surface area contributed by atoms with Gasteiger partial charge in [-0.3, -0.25) is 0 Å². The lowest BCUT2D eigenvalue weighted by molar-refractivity contribution is 0.512. The van der Waals surface area contributed by atoms with E-state index in [-0.39, 0.29) is 0 Å². The summed E-state index contributed by atoms with van der Waals surface area (Å²) in [6.45, 7) is 9.38. The first kappa shape index (κ1) is 12.8. The standard InChI is InChI=1S/C11H25NSi/c1-7-13(6,8-2)10-9-11(3)12(4)5/h9H,7-8,10H2,1-6H3. The van der Waals surface area contributed by atoms with Gasteiger partial charge in [-0.25, -0.2) is 0 Å². The highest BCUT2D eigenvalue weighted by Crippen LogP contribution is 2.21. The Morgan fingerprint density at radius 1 is 1.23 bits per heavy atom. The van der Waals surface area contributed by atoms with Crippen molar-refractivity contribution in [2.75, 3.05) is 14.1 Å². The Hall–Kier alpha value is -0.243. The normalized spacial score (nSPS) is 13.2. The molecule has 78 valence electrons. The maximum atomic E-state index is 2.51. The molecule has 0 heterocycles. The second-order valence-electron chi connectivity index (χ2n) is 4.46. The Morgan fingerprint density at radius 2 is 1.69 bits per heavy atom. The first-order valence-electron chi connectivity index (χ1n) is 5.29. The number of hydrogen-bond acceptors (Lipinski definition) is 1. The zero-order valence-electron chi connectivity index (χ0n) is 10.1. The Bertz CT molecular complexity index is 169. The molecule has 0 aliphatic heterocycles. The molecule has 0 fully saturated rings. The van der Waals surface area contributed by atoms with Gasteiger partial charge in [-0.1, -0.05) is 38.6 Å². The van der Waals surface area contributed by atoms with Crippen molar-refractivity contribution in [3.05, 3.63) is 11.8 Å². The first-order valence-corrected chi connectivity index (χ1v) is 8.41. The molecule has 0 atom stereocenters. The van der Waals surface area contributed by atoms with Crippen molar-refractivity contribution in [3.8, 4) is 0 Å². The molecule has 1 nitrogen and oxygen atoms in total. The monoisotopic (exact) mass is 199 g/mol. The summed E-state index contributed by atoms with van der Waals surface area (Å²) >= 11 is 0. The van der Waals surface area contributed by atoms with Gasteiger partial charge in [0.25, 0.3) is 0 Å². The van der Waals surface area contributed by atoms with Crippen molar-refractivity contribution in [2.24, 2.45) is 0 Å². The molecule has 0 saturated heterocycles. The molecule has 0 bridgehead atoms. The SMILES string of the molecule is CC[Si](C)(CC)CC=C(C)N(C)C. The topological polar surface area (TPSA) is 3.24 Å². The molecule has 0 aromatic carbocycles. The largest absolute Gasteiger partial charge is 0.381 e. The smallest absolute Gasteiger partial charge is 0.0537 e. The molecule has 0 rings (SSSR count). The molecule has 0 aliphatic carbocycles. The summed E-state index contributed by atoms with van der Waals surface area (Å²) in [6, 6.07) is 4.14. The molecule has 0 N–H and O–H groups in total. The van der Waals surface area contributed by atoms with Crippen LogP contribution in [0.15, 0.2) is 11.8 Å².